The lowest BCUT2D eigenvalue weighted by atomic mass is 9.89. The third-order valence-electron chi connectivity index (χ3n) is 13.9. The first-order chi connectivity index (χ1) is 34.3. The number of esters is 1. The highest BCUT2D eigenvalue weighted by molar-refractivity contribution is 6.02. The van der Waals surface area contributed by atoms with Crippen molar-refractivity contribution < 1.29 is 51.6 Å². The first kappa shape index (κ1) is 50.7. The molecule has 1 aliphatic heterocycles. The molecule has 5 aromatic rings. The predicted molar refractivity (Wildman–Crippen MR) is 256 cm³/mol. The number of carbonyl (C=O) groups is 7. The van der Waals surface area contributed by atoms with Crippen LogP contribution in [-0.4, -0.2) is 82.6 Å². The summed E-state index contributed by atoms with van der Waals surface area (Å²) >= 11 is 0. The molecule has 1 saturated carbocycles. The van der Waals surface area contributed by atoms with Crippen molar-refractivity contribution in [1.29, 1.82) is 0 Å². The summed E-state index contributed by atoms with van der Waals surface area (Å²) in [6.45, 7) is 8.74. The highest BCUT2D eigenvalue weighted by Gasteiger charge is 2.50. The van der Waals surface area contributed by atoms with Crippen LogP contribution in [0.25, 0.3) is 11.1 Å². The van der Waals surface area contributed by atoms with E-state index < -0.39 is 93.3 Å². The van der Waals surface area contributed by atoms with E-state index in [9.17, 15) is 28.8 Å². The zero-order chi connectivity index (χ0) is 51.7. The third kappa shape index (κ3) is 9.47. The fraction of sp³-hybridized carbons (Fsp3) is 0.451. The topological polar surface area (TPSA) is 305 Å². The number of aryl methyl sites for hydroxylation is 3. The van der Waals surface area contributed by atoms with Gasteiger partial charge >= 0.3 is 5.97 Å². The SMILES string of the molecule is COC(=O)C(CCCCN)NC(=O)C1(C)NC(=O)c2nc(oc2C)C(C)(C(=O)NC2c3ccccc3-c3ccccc32)NC(=O)c2nc(oc2C)C(C)(C(=O)NCC2CCCCC2)NC(=O)c2nc1oc2C. The number of aromatic nitrogens is 3. The zero-order valence-corrected chi connectivity index (χ0v) is 41.3. The molecule has 8 N–H and O–H groups in total. The van der Waals surface area contributed by atoms with Crippen molar-refractivity contribution in [2.45, 2.75) is 122 Å². The summed E-state index contributed by atoms with van der Waals surface area (Å²) in [6, 6.07) is 13.2. The second-order valence-corrected chi connectivity index (χ2v) is 19.1. The van der Waals surface area contributed by atoms with Gasteiger partial charge in [-0.05, 0) is 108 Å². The van der Waals surface area contributed by atoms with Gasteiger partial charge in [-0.2, -0.15) is 0 Å². The van der Waals surface area contributed by atoms with E-state index in [0.717, 1.165) is 61.5 Å². The van der Waals surface area contributed by atoms with Gasteiger partial charge in [0.2, 0.25) is 17.7 Å². The molecule has 6 bridgehead atoms. The number of nitrogens with two attached hydrogens (primary N) is 1. The Bertz CT molecular complexity index is 2910. The Balaban J connectivity index is 1.26. The minimum absolute atomic E-state index is 0.0824. The second-order valence-electron chi connectivity index (χ2n) is 19.1. The lowest BCUT2D eigenvalue weighted by Gasteiger charge is -2.29. The molecule has 3 aliphatic rings. The summed E-state index contributed by atoms with van der Waals surface area (Å²) in [5.74, 6) is -7.86. The number of rotatable bonds is 12. The Hall–Kier alpha value is -7.68. The summed E-state index contributed by atoms with van der Waals surface area (Å²) in [6.07, 6.45) is 5.92. The quantitative estimate of drug-likeness (QED) is 0.0681. The Morgan fingerprint density at radius 1 is 0.681 bits per heavy atom. The number of fused-ring (bicyclic) bond motifs is 9. The molecule has 380 valence electrons. The molecule has 2 aromatic carbocycles. The highest BCUT2D eigenvalue weighted by atomic mass is 16.5. The van der Waals surface area contributed by atoms with Crippen molar-refractivity contribution in [1.82, 2.24) is 46.9 Å². The Labute approximate surface area is 415 Å². The minimum atomic E-state index is -2.33. The van der Waals surface area contributed by atoms with Crippen molar-refractivity contribution in [3.8, 4) is 11.1 Å². The summed E-state index contributed by atoms with van der Waals surface area (Å²) in [5, 5.41) is 16.7. The average Bonchev–Trinajstić information content (AvgIpc) is 4.16. The molecule has 3 aromatic heterocycles. The highest BCUT2D eigenvalue weighted by Crippen LogP contribution is 2.44. The molecule has 21 nitrogen and oxygen atoms in total. The molecule has 8 rings (SSSR count). The van der Waals surface area contributed by atoms with Crippen LogP contribution in [0.15, 0.2) is 61.8 Å². The van der Waals surface area contributed by atoms with Gasteiger partial charge in [-0.1, -0.05) is 67.8 Å². The van der Waals surface area contributed by atoms with Crippen LogP contribution in [0, 0.1) is 26.7 Å². The number of unbranched alkanes of at least 4 members (excludes halogenated alkanes) is 1. The van der Waals surface area contributed by atoms with Gasteiger partial charge in [0.15, 0.2) is 33.7 Å². The number of nitrogens with zero attached hydrogens (tertiary/aromatic N) is 3. The number of benzene rings is 2. The van der Waals surface area contributed by atoms with Crippen molar-refractivity contribution in [2.24, 2.45) is 11.7 Å². The van der Waals surface area contributed by atoms with Crippen LogP contribution in [0.3, 0.4) is 0 Å². The molecule has 4 atom stereocenters. The first-order valence-corrected chi connectivity index (χ1v) is 24.1. The predicted octanol–water partition coefficient (Wildman–Crippen LogP) is 4.19. The lowest BCUT2D eigenvalue weighted by Crippen LogP contribution is -2.58. The molecule has 72 heavy (non-hydrogen) atoms. The number of hydrogen-bond donors (Lipinski definition) is 7. The average molecular weight is 989 g/mol. The summed E-state index contributed by atoms with van der Waals surface area (Å²) in [7, 11) is 1.16. The maximum Gasteiger partial charge on any atom is 0.328 e. The number of methoxy groups -OCH3 is 1. The van der Waals surface area contributed by atoms with Gasteiger partial charge in [-0.15, -0.1) is 0 Å². The smallest absolute Gasteiger partial charge is 0.328 e. The van der Waals surface area contributed by atoms with E-state index in [4.69, 9.17) is 23.7 Å². The standard InChI is InChI=1S/C51H60N10O11/c1-26-36-41(64)61-51(6,45(68)55-38-32-21-13-11-19-30(32)31-20-12-14-22-33(31)38)48-58-37(28(3)72-48)40(63)60-50(5,44(67)54-34(42(65)69-7)23-15-16-24-52)47-57-35(27(2)71-47)39(62)59-49(4,46(56-36)70-26)43(66)53-25-29-17-9-8-10-18-29/h11-14,19-22,29,34,38H,8-10,15-18,23-25,52H2,1-7H3,(H,53,66)(H,54,67)(H,55,68)(H,59,62)(H,60,63)(H,61,64). The van der Waals surface area contributed by atoms with Crippen molar-refractivity contribution in [3.63, 3.8) is 0 Å². The minimum Gasteiger partial charge on any atom is -0.467 e. The molecule has 6 amide bonds. The van der Waals surface area contributed by atoms with Crippen LogP contribution in [0.2, 0.25) is 0 Å². The lowest BCUT2D eigenvalue weighted by molar-refractivity contribution is -0.146. The van der Waals surface area contributed by atoms with E-state index in [1.54, 1.807) is 0 Å². The van der Waals surface area contributed by atoms with Crippen LogP contribution in [0.4, 0.5) is 0 Å². The normalized spacial score (nSPS) is 21.7. The monoisotopic (exact) mass is 988 g/mol. The molecule has 2 aliphatic carbocycles. The third-order valence-corrected chi connectivity index (χ3v) is 13.9. The first-order valence-electron chi connectivity index (χ1n) is 24.1. The maximum atomic E-state index is 15.1. The molecule has 4 unspecified atom stereocenters. The molecular formula is C51H60N10O11. The van der Waals surface area contributed by atoms with Gasteiger partial charge in [0, 0.05) is 6.54 Å². The maximum absolute atomic E-state index is 15.1. The van der Waals surface area contributed by atoms with Gasteiger partial charge in [0.05, 0.1) is 13.2 Å². The van der Waals surface area contributed by atoms with E-state index in [1.807, 2.05) is 48.5 Å². The molecule has 21 heteroatoms. The van der Waals surface area contributed by atoms with Gasteiger partial charge in [-0.3, -0.25) is 28.8 Å². The summed E-state index contributed by atoms with van der Waals surface area (Å²) < 4.78 is 23.3. The van der Waals surface area contributed by atoms with Crippen molar-refractivity contribution in [2.75, 3.05) is 20.2 Å². The van der Waals surface area contributed by atoms with Crippen LogP contribution >= 0.6 is 0 Å². The number of nitrogens with one attached hydrogen (secondary N) is 6. The van der Waals surface area contributed by atoms with Gasteiger partial charge < -0.3 is 55.6 Å². The van der Waals surface area contributed by atoms with Gasteiger partial charge in [0.25, 0.3) is 35.4 Å². The van der Waals surface area contributed by atoms with E-state index in [0.29, 0.717) is 19.4 Å². The van der Waals surface area contributed by atoms with Gasteiger partial charge in [-0.25, -0.2) is 19.7 Å². The number of carbonyl (C=O) groups excluding carboxylic acids is 7. The Kier molecular flexibility index (Phi) is 14.2. The number of ether oxygens (including phenoxy) is 1. The molecular weight excluding hydrogens is 929 g/mol. The van der Waals surface area contributed by atoms with Gasteiger partial charge in [0.1, 0.15) is 23.3 Å². The fourth-order valence-corrected chi connectivity index (χ4v) is 9.52. The van der Waals surface area contributed by atoms with Crippen molar-refractivity contribution >= 4 is 41.4 Å². The largest absolute Gasteiger partial charge is 0.467 e. The van der Waals surface area contributed by atoms with E-state index in [1.165, 1.54) is 41.5 Å². The number of amides is 6. The van der Waals surface area contributed by atoms with Crippen LogP contribution < -0.4 is 37.6 Å². The summed E-state index contributed by atoms with van der Waals surface area (Å²) in [5.41, 5.74) is 1.20. The molecule has 4 heterocycles. The fourth-order valence-electron chi connectivity index (χ4n) is 9.52. The molecule has 0 spiro atoms. The number of oxazole rings is 3. The van der Waals surface area contributed by atoms with E-state index in [-0.39, 0.29) is 47.7 Å². The molecule has 0 radical (unpaired) electrons. The van der Waals surface area contributed by atoms with E-state index in [2.05, 4.69) is 46.9 Å². The number of hydrogen-bond acceptors (Lipinski definition) is 15. The van der Waals surface area contributed by atoms with Crippen LogP contribution in [-0.2, 0) is 40.5 Å². The Morgan fingerprint density at radius 2 is 1.12 bits per heavy atom. The van der Waals surface area contributed by atoms with Crippen LogP contribution in [0.1, 0.15) is 156 Å². The zero-order valence-electron chi connectivity index (χ0n) is 41.3. The second kappa shape index (κ2) is 20.2. The summed E-state index contributed by atoms with van der Waals surface area (Å²) in [4.78, 5) is 115. The van der Waals surface area contributed by atoms with E-state index >= 15 is 4.79 Å². The Morgan fingerprint density at radius 3 is 1.58 bits per heavy atom. The molecule has 0 saturated heterocycles. The van der Waals surface area contributed by atoms with Crippen LogP contribution in [0.5, 0.6) is 0 Å². The van der Waals surface area contributed by atoms with Crippen molar-refractivity contribution in [3.05, 3.63) is 112 Å². The molecule has 1 fully saturated rings.